The van der Waals surface area contributed by atoms with Crippen LogP contribution in [0.15, 0.2) is 60.8 Å². The van der Waals surface area contributed by atoms with Gasteiger partial charge in [0, 0.05) is 24.1 Å². The van der Waals surface area contributed by atoms with Crippen LogP contribution in [0.1, 0.15) is 61.3 Å². The number of halogens is 3. The SMILES string of the molecule is CC(=O)CCCCC[C@H](NC(=O)c1cccc([N+](=O)[O-])c1)c1ncc(-c2ccccc2)[nH]1.O=C(O)C(F)(F)F. The Morgan fingerprint density at radius 2 is 1.74 bits per heavy atom. The van der Waals surface area contributed by atoms with Crippen molar-refractivity contribution in [3.63, 3.8) is 0 Å². The molecule has 0 bridgehead atoms. The Labute approximate surface area is 221 Å². The number of nitrogens with one attached hydrogen (secondary N) is 2. The molecule has 0 unspecified atom stereocenters. The summed E-state index contributed by atoms with van der Waals surface area (Å²) >= 11 is 0. The summed E-state index contributed by atoms with van der Waals surface area (Å²) < 4.78 is 31.7. The van der Waals surface area contributed by atoms with E-state index in [-0.39, 0.29) is 17.0 Å². The average molecular weight is 549 g/mol. The summed E-state index contributed by atoms with van der Waals surface area (Å²) in [4.78, 5) is 51.2. The second-order valence-corrected chi connectivity index (χ2v) is 8.49. The summed E-state index contributed by atoms with van der Waals surface area (Å²) in [5.74, 6) is -2.37. The highest BCUT2D eigenvalue weighted by atomic mass is 19.4. The first-order valence-corrected chi connectivity index (χ1v) is 11.8. The fourth-order valence-corrected chi connectivity index (χ4v) is 3.46. The molecule has 208 valence electrons. The highest BCUT2D eigenvalue weighted by molar-refractivity contribution is 5.95. The second kappa shape index (κ2) is 14.4. The van der Waals surface area contributed by atoms with Crippen molar-refractivity contribution in [1.82, 2.24) is 15.3 Å². The molecule has 0 saturated carbocycles. The van der Waals surface area contributed by atoms with Crippen LogP contribution >= 0.6 is 0 Å². The number of carboxylic acids is 1. The molecule has 0 fully saturated rings. The summed E-state index contributed by atoms with van der Waals surface area (Å²) in [6.45, 7) is 1.58. The quantitative estimate of drug-likeness (QED) is 0.159. The number of carbonyl (C=O) groups is 3. The molecule has 3 N–H and O–H groups in total. The number of amides is 1. The van der Waals surface area contributed by atoms with Crippen LogP contribution < -0.4 is 5.32 Å². The van der Waals surface area contributed by atoms with Gasteiger partial charge in [0.05, 0.1) is 22.9 Å². The molecule has 39 heavy (non-hydrogen) atoms. The maximum absolute atomic E-state index is 12.8. The van der Waals surface area contributed by atoms with Gasteiger partial charge in [-0.2, -0.15) is 13.2 Å². The molecule has 0 aliphatic heterocycles. The van der Waals surface area contributed by atoms with Gasteiger partial charge in [-0.05, 0) is 31.4 Å². The van der Waals surface area contributed by atoms with Crippen molar-refractivity contribution in [1.29, 1.82) is 0 Å². The van der Waals surface area contributed by atoms with Gasteiger partial charge in [0.2, 0.25) is 0 Å². The third kappa shape index (κ3) is 10.4. The average Bonchev–Trinajstić information content (AvgIpc) is 3.38. The highest BCUT2D eigenvalue weighted by Gasteiger charge is 2.38. The molecule has 1 aromatic heterocycles. The molecule has 0 aliphatic rings. The van der Waals surface area contributed by atoms with Gasteiger partial charge in [-0.15, -0.1) is 0 Å². The van der Waals surface area contributed by atoms with E-state index in [1.165, 1.54) is 18.2 Å². The molecule has 3 aromatic rings. The Hall–Kier alpha value is -4.55. The number of carboxylic acid groups (broad SMARTS) is 1. The standard InChI is InChI=1S/C24H26N4O4.C2HF3O2/c1-17(29)9-4-2-7-14-21(23-25-16-22(26-23)18-10-5-3-6-11-18)27-24(30)19-12-8-13-20(15-19)28(31)32;3-2(4,5)1(6)7/h3,5-6,8,10-13,15-16,21H,2,4,7,9,14H2,1H3,(H,25,26)(H,27,30);(H,6,7)/t21-;/m0./s1. The Morgan fingerprint density at radius 1 is 1.08 bits per heavy atom. The summed E-state index contributed by atoms with van der Waals surface area (Å²) in [6, 6.07) is 15.0. The van der Waals surface area contributed by atoms with E-state index in [1.807, 2.05) is 30.3 Å². The van der Waals surface area contributed by atoms with Gasteiger partial charge in [-0.25, -0.2) is 9.78 Å². The largest absolute Gasteiger partial charge is 0.490 e. The molecule has 0 saturated heterocycles. The zero-order valence-corrected chi connectivity index (χ0v) is 20.9. The Morgan fingerprint density at radius 3 is 2.33 bits per heavy atom. The molecule has 1 amide bonds. The van der Waals surface area contributed by atoms with Crippen LogP contribution in [0, 0.1) is 10.1 Å². The molecule has 0 radical (unpaired) electrons. The van der Waals surface area contributed by atoms with Crippen LogP contribution in [0.2, 0.25) is 0 Å². The van der Waals surface area contributed by atoms with E-state index in [4.69, 9.17) is 9.90 Å². The first kappa shape index (κ1) is 30.7. The fraction of sp³-hybridized carbons (Fsp3) is 0.308. The number of nitrogens with zero attached hydrogens (tertiary/aromatic N) is 2. The number of aliphatic carboxylic acids is 1. The van der Waals surface area contributed by atoms with Crippen LogP contribution in [-0.2, 0) is 9.59 Å². The van der Waals surface area contributed by atoms with Gasteiger partial charge in [0.1, 0.15) is 11.6 Å². The number of unbranched alkanes of at least 4 members (excludes halogenated alkanes) is 2. The highest BCUT2D eigenvalue weighted by Crippen LogP contribution is 2.23. The van der Waals surface area contributed by atoms with Gasteiger partial charge in [-0.1, -0.05) is 49.2 Å². The normalized spacial score (nSPS) is 11.6. The maximum Gasteiger partial charge on any atom is 0.490 e. The maximum atomic E-state index is 12.8. The number of hydrogen-bond acceptors (Lipinski definition) is 6. The number of imidazole rings is 1. The predicted molar refractivity (Wildman–Crippen MR) is 135 cm³/mol. The minimum atomic E-state index is -5.08. The van der Waals surface area contributed by atoms with Crippen LogP contribution in [-0.4, -0.2) is 43.8 Å². The number of rotatable bonds is 11. The molecular formula is C26H27F3N4O6. The Kier molecular flexibility index (Phi) is 11.3. The van der Waals surface area contributed by atoms with Crippen molar-refractivity contribution in [2.75, 3.05) is 0 Å². The number of alkyl halides is 3. The lowest BCUT2D eigenvalue weighted by molar-refractivity contribution is -0.384. The number of H-pyrrole nitrogens is 1. The molecule has 1 heterocycles. The van der Waals surface area contributed by atoms with Crippen LogP contribution in [0.25, 0.3) is 11.3 Å². The molecule has 1 atom stereocenters. The number of carbonyl (C=O) groups excluding carboxylic acids is 2. The smallest absolute Gasteiger partial charge is 0.475 e. The lowest BCUT2D eigenvalue weighted by Gasteiger charge is -2.17. The lowest BCUT2D eigenvalue weighted by atomic mass is 10.0. The molecule has 0 aliphatic carbocycles. The molecular weight excluding hydrogens is 521 g/mol. The van der Waals surface area contributed by atoms with E-state index in [0.29, 0.717) is 18.7 Å². The number of non-ortho nitro benzene ring substituents is 1. The number of aromatic amines is 1. The third-order valence-electron chi connectivity index (χ3n) is 5.40. The van der Waals surface area contributed by atoms with Crippen LogP contribution in [0.3, 0.4) is 0 Å². The second-order valence-electron chi connectivity index (χ2n) is 8.49. The van der Waals surface area contributed by atoms with Crippen LogP contribution in [0.5, 0.6) is 0 Å². The topological polar surface area (TPSA) is 155 Å². The van der Waals surface area contributed by atoms with E-state index >= 15 is 0 Å². The van der Waals surface area contributed by atoms with Crippen molar-refractivity contribution in [3.8, 4) is 11.3 Å². The molecule has 0 spiro atoms. The summed E-state index contributed by atoms with van der Waals surface area (Å²) in [6.07, 6.45) is 0.273. The van der Waals surface area contributed by atoms with Gasteiger partial charge in [0.15, 0.2) is 0 Å². The Balaban J connectivity index is 0.000000673. The molecule has 10 nitrogen and oxygen atoms in total. The van der Waals surface area contributed by atoms with Gasteiger partial charge >= 0.3 is 12.1 Å². The molecule has 3 rings (SSSR count). The first-order valence-electron chi connectivity index (χ1n) is 11.8. The Bertz CT molecular complexity index is 1280. The van der Waals surface area contributed by atoms with Crippen molar-refractivity contribution in [2.24, 2.45) is 0 Å². The number of aromatic nitrogens is 2. The third-order valence-corrected chi connectivity index (χ3v) is 5.40. The van der Waals surface area contributed by atoms with Gasteiger partial charge in [-0.3, -0.25) is 14.9 Å². The minimum Gasteiger partial charge on any atom is -0.475 e. The van der Waals surface area contributed by atoms with E-state index in [0.717, 1.165) is 30.5 Å². The van der Waals surface area contributed by atoms with E-state index in [2.05, 4.69) is 15.3 Å². The van der Waals surface area contributed by atoms with Gasteiger partial charge < -0.3 is 20.2 Å². The number of ketones is 1. The zero-order valence-electron chi connectivity index (χ0n) is 20.9. The summed E-state index contributed by atoms with van der Waals surface area (Å²) in [7, 11) is 0. The predicted octanol–water partition coefficient (Wildman–Crippen LogP) is 5.63. The number of benzene rings is 2. The van der Waals surface area contributed by atoms with E-state index in [9.17, 15) is 32.9 Å². The summed E-state index contributed by atoms with van der Waals surface area (Å²) in [5.41, 5.74) is 1.90. The number of hydrogen-bond donors (Lipinski definition) is 3. The van der Waals surface area contributed by atoms with E-state index < -0.39 is 29.0 Å². The van der Waals surface area contributed by atoms with Crippen molar-refractivity contribution in [3.05, 3.63) is 82.3 Å². The van der Waals surface area contributed by atoms with E-state index in [1.54, 1.807) is 19.2 Å². The number of nitro groups is 1. The number of Topliss-reactive ketones (excluding diaryl/α,β-unsaturated/α-hetero) is 1. The number of nitro benzene ring substituents is 1. The molecule has 13 heteroatoms. The van der Waals surface area contributed by atoms with Crippen molar-refractivity contribution < 1.29 is 37.6 Å². The fourth-order valence-electron chi connectivity index (χ4n) is 3.46. The minimum absolute atomic E-state index is 0.136. The van der Waals surface area contributed by atoms with Crippen molar-refractivity contribution in [2.45, 2.75) is 51.2 Å². The van der Waals surface area contributed by atoms with Crippen molar-refractivity contribution >= 4 is 23.3 Å². The zero-order chi connectivity index (χ0) is 29.0. The first-order chi connectivity index (χ1) is 18.4. The lowest BCUT2D eigenvalue weighted by Crippen LogP contribution is -2.29. The molecule has 2 aromatic carbocycles. The van der Waals surface area contributed by atoms with Gasteiger partial charge in [0.25, 0.3) is 11.6 Å². The monoisotopic (exact) mass is 548 g/mol. The van der Waals surface area contributed by atoms with Crippen LogP contribution in [0.4, 0.5) is 18.9 Å². The summed E-state index contributed by atoms with van der Waals surface area (Å²) in [5, 5.41) is 21.1.